The van der Waals surface area contributed by atoms with Gasteiger partial charge in [-0.15, -0.1) is 0 Å². The molecule has 0 amide bonds. The van der Waals surface area contributed by atoms with Crippen molar-refractivity contribution in [2.24, 2.45) is 5.73 Å². The molecule has 1 aliphatic carbocycles. The summed E-state index contributed by atoms with van der Waals surface area (Å²) in [7, 11) is 2.16. The Kier molecular flexibility index (Phi) is 3.91. The summed E-state index contributed by atoms with van der Waals surface area (Å²) in [4.78, 5) is 7.02. The molecule has 1 saturated carbocycles. The predicted molar refractivity (Wildman–Crippen MR) is 74.3 cm³/mol. The maximum Gasteiger partial charge on any atom is 0.136 e. The van der Waals surface area contributed by atoms with Crippen molar-refractivity contribution in [1.29, 1.82) is 0 Å². The quantitative estimate of drug-likeness (QED) is 0.744. The summed E-state index contributed by atoms with van der Waals surface area (Å²) in [5.74, 6) is 0.782. The lowest BCUT2D eigenvalue weighted by atomic mass is 10.2. The summed E-state index contributed by atoms with van der Waals surface area (Å²) in [5, 5.41) is 3.29. The molecule has 1 aliphatic rings. The Morgan fingerprint density at radius 3 is 3.06 bits per heavy atom. The number of nitrogens with zero attached hydrogens (tertiary/aromatic N) is 2. The molecule has 1 heterocycles. The molecule has 0 spiro atoms. The lowest BCUT2D eigenvalue weighted by molar-refractivity contribution is 0.337. The van der Waals surface area contributed by atoms with Crippen LogP contribution in [0.1, 0.15) is 18.4 Å². The number of hydrogen-bond acceptors (Lipinski definition) is 4. The minimum Gasteiger partial charge on any atom is -0.389 e. The first kappa shape index (κ1) is 12.3. The molecule has 0 radical (unpaired) electrons. The molecule has 5 heteroatoms. The van der Waals surface area contributed by atoms with Gasteiger partial charge >= 0.3 is 0 Å². The molecule has 92 valence electrons. The number of thiocarbonyl (C=S) groups is 1. The van der Waals surface area contributed by atoms with Crippen LogP contribution in [-0.2, 0) is 0 Å². The first-order valence-corrected chi connectivity index (χ1v) is 6.28. The van der Waals surface area contributed by atoms with Gasteiger partial charge in [-0.1, -0.05) is 12.2 Å². The van der Waals surface area contributed by atoms with E-state index in [-0.39, 0.29) is 0 Å². The number of rotatable bonds is 6. The molecule has 0 aliphatic heterocycles. The van der Waals surface area contributed by atoms with Crippen molar-refractivity contribution < 1.29 is 0 Å². The highest BCUT2D eigenvalue weighted by atomic mass is 32.1. The van der Waals surface area contributed by atoms with Crippen molar-refractivity contribution >= 4 is 23.0 Å². The Balaban J connectivity index is 1.87. The van der Waals surface area contributed by atoms with E-state index in [0.29, 0.717) is 4.99 Å². The third-order valence-corrected chi connectivity index (χ3v) is 3.22. The van der Waals surface area contributed by atoms with Crippen molar-refractivity contribution in [3.05, 3.63) is 23.9 Å². The summed E-state index contributed by atoms with van der Waals surface area (Å²) < 4.78 is 0. The molecular weight excluding hydrogens is 232 g/mol. The van der Waals surface area contributed by atoms with Gasteiger partial charge in [0.15, 0.2) is 0 Å². The monoisotopic (exact) mass is 250 g/mol. The van der Waals surface area contributed by atoms with Crippen LogP contribution in [0.2, 0.25) is 0 Å². The lowest BCUT2D eigenvalue weighted by Gasteiger charge is -2.16. The van der Waals surface area contributed by atoms with Gasteiger partial charge in [0.1, 0.15) is 10.8 Å². The highest BCUT2D eigenvalue weighted by Gasteiger charge is 2.25. The minimum absolute atomic E-state index is 0.385. The van der Waals surface area contributed by atoms with Gasteiger partial charge in [0.2, 0.25) is 0 Å². The highest BCUT2D eigenvalue weighted by Crippen LogP contribution is 2.24. The first-order valence-electron chi connectivity index (χ1n) is 5.87. The van der Waals surface area contributed by atoms with E-state index in [4.69, 9.17) is 18.0 Å². The fraction of sp³-hybridized carbons (Fsp3) is 0.500. The summed E-state index contributed by atoms with van der Waals surface area (Å²) in [6, 6.07) is 4.52. The average molecular weight is 250 g/mol. The van der Waals surface area contributed by atoms with E-state index in [0.717, 1.165) is 30.5 Å². The first-order chi connectivity index (χ1) is 8.18. The minimum atomic E-state index is 0.385. The third kappa shape index (κ3) is 3.38. The van der Waals surface area contributed by atoms with Crippen LogP contribution in [0.15, 0.2) is 18.3 Å². The Morgan fingerprint density at radius 1 is 1.65 bits per heavy atom. The van der Waals surface area contributed by atoms with Crippen LogP contribution in [0.3, 0.4) is 0 Å². The van der Waals surface area contributed by atoms with Gasteiger partial charge in [-0.25, -0.2) is 4.98 Å². The van der Waals surface area contributed by atoms with E-state index in [1.165, 1.54) is 12.8 Å². The summed E-state index contributed by atoms with van der Waals surface area (Å²) in [5.41, 5.74) is 6.46. The maximum atomic E-state index is 5.65. The normalized spacial score (nSPS) is 14.9. The van der Waals surface area contributed by atoms with Gasteiger partial charge in [-0.3, -0.25) is 0 Å². The number of hydrogen-bond donors (Lipinski definition) is 2. The van der Waals surface area contributed by atoms with Crippen LogP contribution >= 0.6 is 12.2 Å². The van der Waals surface area contributed by atoms with Crippen molar-refractivity contribution in [3.63, 3.8) is 0 Å². The average Bonchev–Trinajstić information content (AvgIpc) is 3.13. The molecule has 1 aromatic heterocycles. The standard InChI is InChI=1S/C12H18N4S/c1-16(9-4-5-9)8-7-15-12-10(11(13)17)3-2-6-14-12/h2-3,6,9H,4-5,7-8H2,1H3,(H2,13,17)(H,14,15). The zero-order chi connectivity index (χ0) is 12.3. The molecule has 0 saturated heterocycles. The lowest BCUT2D eigenvalue weighted by Crippen LogP contribution is -2.27. The summed E-state index contributed by atoms with van der Waals surface area (Å²) in [6.45, 7) is 1.87. The molecule has 0 atom stereocenters. The fourth-order valence-electron chi connectivity index (χ4n) is 1.79. The van der Waals surface area contributed by atoms with E-state index in [1.807, 2.05) is 12.1 Å². The molecule has 3 N–H and O–H groups in total. The zero-order valence-electron chi connectivity index (χ0n) is 10.0. The second kappa shape index (κ2) is 5.42. The molecule has 1 aromatic rings. The maximum absolute atomic E-state index is 5.65. The van der Waals surface area contributed by atoms with E-state index < -0.39 is 0 Å². The number of aromatic nitrogens is 1. The predicted octanol–water partition coefficient (Wildman–Crippen LogP) is 1.22. The smallest absolute Gasteiger partial charge is 0.136 e. The van der Waals surface area contributed by atoms with Gasteiger partial charge in [0.05, 0.1) is 5.56 Å². The molecule has 0 aromatic carbocycles. The highest BCUT2D eigenvalue weighted by molar-refractivity contribution is 7.80. The van der Waals surface area contributed by atoms with Crippen LogP contribution in [0, 0.1) is 0 Å². The van der Waals surface area contributed by atoms with Crippen molar-refractivity contribution in [2.45, 2.75) is 18.9 Å². The molecule has 4 nitrogen and oxygen atoms in total. The largest absolute Gasteiger partial charge is 0.389 e. The molecule has 2 rings (SSSR count). The zero-order valence-corrected chi connectivity index (χ0v) is 10.8. The second-order valence-corrected chi connectivity index (χ2v) is 4.84. The molecule has 17 heavy (non-hydrogen) atoms. The third-order valence-electron chi connectivity index (χ3n) is 3.00. The Hall–Kier alpha value is -1.20. The number of nitrogens with one attached hydrogen (secondary N) is 1. The Morgan fingerprint density at radius 2 is 2.41 bits per heavy atom. The van der Waals surface area contributed by atoms with Gasteiger partial charge in [-0.05, 0) is 32.0 Å². The van der Waals surface area contributed by atoms with Crippen LogP contribution in [0.5, 0.6) is 0 Å². The number of likely N-dealkylation sites (N-methyl/N-ethyl adjacent to an activating group) is 1. The van der Waals surface area contributed by atoms with Gasteiger partial charge in [0.25, 0.3) is 0 Å². The SMILES string of the molecule is CN(CCNc1ncccc1C(N)=S)C1CC1. The van der Waals surface area contributed by atoms with Crippen molar-refractivity contribution in [1.82, 2.24) is 9.88 Å². The van der Waals surface area contributed by atoms with Crippen LogP contribution in [0.4, 0.5) is 5.82 Å². The number of anilines is 1. The van der Waals surface area contributed by atoms with Crippen LogP contribution < -0.4 is 11.1 Å². The molecular formula is C12H18N4S. The van der Waals surface area contributed by atoms with Gasteiger partial charge in [-0.2, -0.15) is 0 Å². The Bertz CT molecular complexity index is 403. The van der Waals surface area contributed by atoms with Crippen molar-refractivity contribution in [2.75, 3.05) is 25.5 Å². The van der Waals surface area contributed by atoms with Crippen LogP contribution in [-0.4, -0.2) is 41.1 Å². The Labute approximate surface area is 107 Å². The van der Waals surface area contributed by atoms with Gasteiger partial charge in [0, 0.05) is 25.3 Å². The summed E-state index contributed by atoms with van der Waals surface area (Å²) >= 11 is 4.99. The van der Waals surface area contributed by atoms with E-state index in [9.17, 15) is 0 Å². The van der Waals surface area contributed by atoms with Crippen molar-refractivity contribution in [3.8, 4) is 0 Å². The van der Waals surface area contributed by atoms with E-state index in [1.54, 1.807) is 6.20 Å². The molecule has 1 fully saturated rings. The fourth-order valence-corrected chi connectivity index (χ4v) is 1.96. The van der Waals surface area contributed by atoms with E-state index in [2.05, 4.69) is 22.2 Å². The summed E-state index contributed by atoms with van der Waals surface area (Å²) in [6.07, 6.45) is 4.41. The van der Waals surface area contributed by atoms with Crippen LogP contribution in [0.25, 0.3) is 0 Å². The number of pyridine rings is 1. The topological polar surface area (TPSA) is 54.2 Å². The number of nitrogens with two attached hydrogens (primary N) is 1. The second-order valence-electron chi connectivity index (χ2n) is 4.40. The molecule has 0 bridgehead atoms. The van der Waals surface area contributed by atoms with Gasteiger partial charge < -0.3 is 16.0 Å². The molecule has 0 unspecified atom stereocenters. The van der Waals surface area contributed by atoms with E-state index >= 15 is 0 Å².